The van der Waals surface area contributed by atoms with E-state index in [4.69, 9.17) is 15.3 Å². The maximum Gasteiger partial charge on any atom is 0.125 e. The summed E-state index contributed by atoms with van der Waals surface area (Å²) in [6.07, 6.45) is 1.32. The third-order valence-corrected chi connectivity index (χ3v) is 1.25. The van der Waals surface area contributed by atoms with Crippen LogP contribution in [-0.2, 0) is 0 Å². The van der Waals surface area contributed by atoms with Gasteiger partial charge in [0.05, 0.1) is 13.2 Å². The van der Waals surface area contributed by atoms with Crippen LogP contribution in [0.25, 0.3) is 0 Å². The largest absolute Gasteiger partial charge is 0.507 e. The van der Waals surface area contributed by atoms with Gasteiger partial charge in [-0.2, -0.15) is 0 Å². The Bertz CT molecular complexity index is 192. The van der Waals surface area contributed by atoms with Gasteiger partial charge in [0.2, 0.25) is 0 Å². The molecule has 0 aromatic heterocycles. The molecule has 76 valence electrons. The molecular formula is C10H18O3. The zero-order valence-electron chi connectivity index (χ0n) is 8.25. The lowest BCUT2D eigenvalue weighted by molar-refractivity contribution is 0.301. The van der Waals surface area contributed by atoms with Gasteiger partial charge in [-0.15, -0.1) is 0 Å². The molecule has 0 saturated heterocycles. The Kier molecular flexibility index (Phi) is 10.0. The van der Waals surface area contributed by atoms with Gasteiger partial charge in [0.1, 0.15) is 5.76 Å². The van der Waals surface area contributed by atoms with E-state index in [1.54, 1.807) is 0 Å². The van der Waals surface area contributed by atoms with Crippen LogP contribution in [0.5, 0.6) is 0 Å². The van der Waals surface area contributed by atoms with Crippen LogP contribution in [0.3, 0.4) is 0 Å². The molecule has 13 heavy (non-hydrogen) atoms. The summed E-state index contributed by atoms with van der Waals surface area (Å²) in [6.45, 7) is 10.1. The monoisotopic (exact) mass is 186 g/mol. The molecule has 0 fully saturated rings. The first-order chi connectivity index (χ1) is 6.17. The molecule has 0 aliphatic rings. The number of hydrogen-bond acceptors (Lipinski definition) is 3. The van der Waals surface area contributed by atoms with Gasteiger partial charge < -0.3 is 15.3 Å². The first kappa shape index (κ1) is 14.5. The number of aliphatic hydroxyl groups excluding tert-OH is 3. The van der Waals surface area contributed by atoms with Gasteiger partial charge in [0.15, 0.2) is 0 Å². The summed E-state index contributed by atoms with van der Waals surface area (Å²) in [5.74, 6) is -0.190. The van der Waals surface area contributed by atoms with Crippen molar-refractivity contribution in [3.8, 4) is 0 Å². The lowest BCUT2D eigenvalue weighted by atomic mass is 10.1. The van der Waals surface area contributed by atoms with Crippen LogP contribution in [0.1, 0.15) is 13.8 Å². The maximum atomic E-state index is 9.17. The van der Waals surface area contributed by atoms with E-state index in [1.807, 2.05) is 13.8 Å². The lowest BCUT2D eigenvalue weighted by Gasteiger charge is -2.04. The quantitative estimate of drug-likeness (QED) is 0.461. The third kappa shape index (κ3) is 5.22. The van der Waals surface area contributed by atoms with Crippen molar-refractivity contribution in [1.82, 2.24) is 0 Å². The van der Waals surface area contributed by atoms with Crippen LogP contribution in [0.15, 0.2) is 36.1 Å². The molecule has 0 unspecified atom stereocenters. The van der Waals surface area contributed by atoms with Crippen molar-refractivity contribution < 1.29 is 15.3 Å². The predicted octanol–water partition coefficient (Wildman–Crippen LogP) is 1.55. The molecule has 0 amide bonds. The number of aliphatic hydroxyl groups is 3. The molecule has 0 saturated carbocycles. The smallest absolute Gasteiger partial charge is 0.125 e. The maximum absolute atomic E-state index is 9.17. The highest BCUT2D eigenvalue weighted by Gasteiger charge is 2.03. The molecule has 0 radical (unpaired) electrons. The number of hydrogen-bond donors (Lipinski definition) is 3. The minimum Gasteiger partial charge on any atom is -0.507 e. The fourth-order valence-corrected chi connectivity index (χ4v) is 0.538. The van der Waals surface area contributed by atoms with Crippen LogP contribution in [0.4, 0.5) is 0 Å². The van der Waals surface area contributed by atoms with Gasteiger partial charge in [-0.25, -0.2) is 0 Å². The SMILES string of the molecule is C=C/C(CO)=C(/O)C(=C)CO.CC. The minimum atomic E-state index is -0.330. The predicted molar refractivity (Wildman–Crippen MR) is 54.5 cm³/mol. The molecule has 3 nitrogen and oxygen atoms in total. The normalized spacial score (nSPS) is 10.8. The molecule has 3 heteroatoms. The second kappa shape index (κ2) is 9.03. The molecule has 0 rings (SSSR count). The van der Waals surface area contributed by atoms with E-state index < -0.39 is 0 Å². The van der Waals surface area contributed by atoms with Crippen molar-refractivity contribution in [2.24, 2.45) is 0 Å². The van der Waals surface area contributed by atoms with Crippen LogP contribution in [-0.4, -0.2) is 28.5 Å². The summed E-state index contributed by atoms with van der Waals surface area (Å²) in [4.78, 5) is 0. The second-order valence-electron chi connectivity index (χ2n) is 2.00. The average Bonchev–Trinajstić information content (AvgIpc) is 2.21. The lowest BCUT2D eigenvalue weighted by Crippen LogP contribution is -1.99. The Morgan fingerprint density at radius 1 is 1.23 bits per heavy atom. The Balaban J connectivity index is 0. The van der Waals surface area contributed by atoms with Crippen molar-refractivity contribution in [2.45, 2.75) is 13.8 Å². The molecule has 0 spiro atoms. The molecule has 0 aromatic carbocycles. The standard InChI is InChI=1S/C8H12O3.C2H6/c1-3-7(5-10)8(11)6(2)4-9;1-2/h3,9-11H,1-2,4-5H2;1-2H3/b8-7-;. The van der Waals surface area contributed by atoms with Crippen molar-refractivity contribution in [3.05, 3.63) is 36.1 Å². The molecule has 0 bridgehead atoms. The molecular weight excluding hydrogens is 168 g/mol. The molecule has 0 aromatic rings. The van der Waals surface area contributed by atoms with Crippen molar-refractivity contribution in [3.63, 3.8) is 0 Å². The highest BCUT2D eigenvalue weighted by molar-refractivity contribution is 5.33. The molecule has 3 N–H and O–H groups in total. The van der Waals surface area contributed by atoms with Crippen molar-refractivity contribution >= 4 is 0 Å². The Labute approximate surface area is 79.3 Å². The van der Waals surface area contributed by atoms with Crippen LogP contribution in [0.2, 0.25) is 0 Å². The Morgan fingerprint density at radius 3 is 1.92 bits per heavy atom. The van der Waals surface area contributed by atoms with Gasteiger partial charge in [-0.1, -0.05) is 33.1 Å². The Morgan fingerprint density at radius 2 is 1.69 bits per heavy atom. The minimum absolute atomic E-state index is 0.175. The van der Waals surface area contributed by atoms with E-state index in [-0.39, 0.29) is 30.1 Å². The summed E-state index contributed by atoms with van der Waals surface area (Å²) in [5.41, 5.74) is 0.443. The summed E-state index contributed by atoms with van der Waals surface area (Å²) in [7, 11) is 0. The summed E-state index contributed by atoms with van der Waals surface area (Å²) < 4.78 is 0. The zero-order valence-corrected chi connectivity index (χ0v) is 8.25. The fraction of sp³-hybridized carbons (Fsp3) is 0.400. The van der Waals surface area contributed by atoms with E-state index in [0.717, 1.165) is 0 Å². The van der Waals surface area contributed by atoms with E-state index in [9.17, 15) is 0 Å². The first-order valence-electron chi connectivity index (χ1n) is 4.11. The van der Waals surface area contributed by atoms with Crippen LogP contribution in [0, 0.1) is 0 Å². The van der Waals surface area contributed by atoms with Gasteiger partial charge in [0.25, 0.3) is 0 Å². The first-order valence-corrected chi connectivity index (χ1v) is 4.11. The van der Waals surface area contributed by atoms with Crippen molar-refractivity contribution in [2.75, 3.05) is 13.2 Å². The van der Waals surface area contributed by atoms with Gasteiger partial charge >= 0.3 is 0 Å². The Hall–Kier alpha value is -1.06. The van der Waals surface area contributed by atoms with Crippen LogP contribution >= 0.6 is 0 Å². The third-order valence-electron chi connectivity index (χ3n) is 1.25. The highest BCUT2D eigenvalue weighted by atomic mass is 16.3. The van der Waals surface area contributed by atoms with Gasteiger partial charge in [0, 0.05) is 11.1 Å². The molecule has 0 aliphatic carbocycles. The molecule has 0 heterocycles. The van der Waals surface area contributed by atoms with Gasteiger partial charge in [-0.3, -0.25) is 0 Å². The van der Waals surface area contributed by atoms with E-state index in [2.05, 4.69) is 13.2 Å². The van der Waals surface area contributed by atoms with E-state index in [0.29, 0.717) is 0 Å². The number of rotatable bonds is 4. The van der Waals surface area contributed by atoms with E-state index in [1.165, 1.54) is 6.08 Å². The fourth-order valence-electron chi connectivity index (χ4n) is 0.538. The van der Waals surface area contributed by atoms with Gasteiger partial charge in [-0.05, 0) is 0 Å². The molecule has 0 atom stereocenters. The summed E-state index contributed by atoms with van der Waals surface area (Å²) >= 11 is 0. The summed E-state index contributed by atoms with van der Waals surface area (Å²) in [5, 5.41) is 26.3. The average molecular weight is 186 g/mol. The molecule has 0 aliphatic heterocycles. The topological polar surface area (TPSA) is 60.7 Å². The second-order valence-corrected chi connectivity index (χ2v) is 2.00. The highest BCUT2D eigenvalue weighted by Crippen LogP contribution is 2.09. The summed E-state index contributed by atoms with van der Waals surface area (Å²) in [6, 6.07) is 0. The van der Waals surface area contributed by atoms with Crippen LogP contribution < -0.4 is 0 Å². The van der Waals surface area contributed by atoms with E-state index >= 15 is 0 Å². The van der Waals surface area contributed by atoms with Crippen molar-refractivity contribution in [1.29, 1.82) is 0 Å². The zero-order chi connectivity index (χ0) is 10.9.